The van der Waals surface area contributed by atoms with Crippen molar-refractivity contribution in [2.45, 2.75) is 54.0 Å². The predicted octanol–water partition coefficient (Wildman–Crippen LogP) is 5.53. The summed E-state index contributed by atoms with van der Waals surface area (Å²) in [6.07, 6.45) is 1.09. The lowest BCUT2D eigenvalue weighted by Gasteiger charge is -2.33. The molecule has 3 aromatic rings. The van der Waals surface area contributed by atoms with Gasteiger partial charge in [-0.05, 0) is 30.7 Å². The number of carbonyl (C=O) groups is 2. The van der Waals surface area contributed by atoms with Crippen LogP contribution >= 0.6 is 0 Å². The number of hydrogen-bond acceptors (Lipinski definition) is 4. The number of furan rings is 1. The SMILES string of the molecule is CCC(=O)N(Cc1cc(C)cc(C(=O)c2c(CC)oc3ccccc23)c1)N(CC)CC. The molecule has 0 atom stereocenters. The van der Waals surface area contributed by atoms with E-state index >= 15 is 0 Å². The lowest BCUT2D eigenvalue weighted by molar-refractivity contribution is -0.149. The third-order valence-corrected chi connectivity index (χ3v) is 5.61. The molecular formula is C26H32N2O3. The number of amides is 1. The number of rotatable bonds is 9. The Labute approximate surface area is 184 Å². The number of ketones is 1. The van der Waals surface area contributed by atoms with Crippen LogP contribution in [0, 0.1) is 6.92 Å². The minimum Gasteiger partial charge on any atom is -0.460 e. The molecule has 1 heterocycles. The Hall–Kier alpha value is -2.92. The molecule has 0 aliphatic carbocycles. The summed E-state index contributed by atoms with van der Waals surface area (Å²) in [5.74, 6) is 0.746. The minimum atomic E-state index is -0.0389. The van der Waals surface area contributed by atoms with Crippen molar-refractivity contribution in [3.8, 4) is 0 Å². The molecule has 0 fully saturated rings. The van der Waals surface area contributed by atoms with Crippen molar-refractivity contribution in [2.75, 3.05) is 13.1 Å². The smallest absolute Gasteiger partial charge is 0.236 e. The van der Waals surface area contributed by atoms with Gasteiger partial charge in [-0.1, -0.05) is 57.5 Å². The zero-order valence-corrected chi connectivity index (χ0v) is 19.2. The van der Waals surface area contributed by atoms with Crippen molar-refractivity contribution < 1.29 is 14.0 Å². The molecule has 0 aliphatic rings. The average molecular weight is 421 g/mol. The van der Waals surface area contributed by atoms with Crippen molar-refractivity contribution in [2.24, 2.45) is 0 Å². The largest absolute Gasteiger partial charge is 0.460 e. The van der Waals surface area contributed by atoms with E-state index in [9.17, 15) is 9.59 Å². The van der Waals surface area contributed by atoms with Gasteiger partial charge in [0.1, 0.15) is 11.3 Å². The van der Waals surface area contributed by atoms with Gasteiger partial charge in [-0.3, -0.25) is 14.6 Å². The summed E-state index contributed by atoms with van der Waals surface area (Å²) < 4.78 is 5.94. The summed E-state index contributed by atoms with van der Waals surface area (Å²) in [6.45, 7) is 11.9. The maximum atomic E-state index is 13.6. The van der Waals surface area contributed by atoms with E-state index in [1.165, 1.54) is 0 Å². The summed E-state index contributed by atoms with van der Waals surface area (Å²) >= 11 is 0. The van der Waals surface area contributed by atoms with Crippen LogP contribution in [0.25, 0.3) is 11.0 Å². The van der Waals surface area contributed by atoms with Crippen molar-refractivity contribution >= 4 is 22.7 Å². The second kappa shape index (κ2) is 9.92. The molecule has 3 rings (SSSR count). The van der Waals surface area contributed by atoms with Gasteiger partial charge < -0.3 is 4.42 Å². The van der Waals surface area contributed by atoms with Gasteiger partial charge in [0.15, 0.2) is 5.78 Å². The van der Waals surface area contributed by atoms with Crippen LogP contribution in [-0.4, -0.2) is 34.8 Å². The normalized spacial score (nSPS) is 11.3. The number of nitrogens with zero attached hydrogens (tertiary/aromatic N) is 2. The van der Waals surface area contributed by atoms with Gasteiger partial charge in [0.05, 0.1) is 12.1 Å². The van der Waals surface area contributed by atoms with Crippen LogP contribution in [0.5, 0.6) is 0 Å². The van der Waals surface area contributed by atoms with Gasteiger partial charge in [0.25, 0.3) is 0 Å². The molecule has 164 valence electrons. The number of para-hydroxylation sites is 1. The first kappa shape index (κ1) is 22.8. The Morgan fingerprint density at radius 3 is 2.32 bits per heavy atom. The van der Waals surface area contributed by atoms with Crippen LogP contribution in [0.3, 0.4) is 0 Å². The third-order valence-electron chi connectivity index (χ3n) is 5.61. The molecule has 0 spiro atoms. The van der Waals surface area contributed by atoms with Gasteiger partial charge in [-0.15, -0.1) is 0 Å². The van der Waals surface area contributed by atoms with E-state index in [4.69, 9.17) is 4.42 Å². The first-order chi connectivity index (χ1) is 14.9. The van der Waals surface area contributed by atoms with E-state index in [2.05, 4.69) is 0 Å². The number of fused-ring (bicyclic) bond motifs is 1. The van der Waals surface area contributed by atoms with Gasteiger partial charge in [-0.2, -0.15) is 0 Å². The number of hydrazine groups is 1. The molecule has 1 amide bonds. The van der Waals surface area contributed by atoms with Gasteiger partial charge in [0.2, 0.25) is 5.91 Å². The number of aryl methyl sites for hydroxylation is 2. The fourth-order valence-electron chi connectivity index (χ4n) is 4.09. The fourth-order valence-corrected chi connectivity index (χ4v) is 4.09. The van der Waals surface area contributed by atoms with Gasteiger partial charge in [0, 0.05) is 36.9 Å². The van der Waals surface area contributed by atoms with Crippen LogP contribution in [0.15, 0.2) is 46.9 Å². The maximum absolute atomic E-state index is 13.6. The Balaban J connectivity index is 2.01. The lowest BCUT2D eigenvalue weighted by atomic mass is 9.96. The fraction of sp³-hybridized carbons (Fsp3) is 0.385. The zero-order chi connectivity index (χ0) is 22.5. The molecule has 2 aromatic carbocycles. The second-order valence-corrected chi connectivity index (χ2v) is 7.73. The number of carbonyl (C=O) groups excluding carboxylic acids is 2. The van der Waals surface area contributed by atoms with Crippen LogP contribution in [0.1, 0.15) is 66.9 Å². The molecule has 0 aliphatic heterocycles. The van der Waals surface area contributed by atoms with Crippen molar-refractivity contribution in [3.63, 3.8) is 0 Å². The summed E-state index contributed by atoms with van der Waals surface area (Å²) in [5.41, 5.74) is 3.94. The quantitative estimate of drug-likeness (QED) is 0.337. The molecule has 0 saturated carbocycles. The number of hydrogen-bond donors (Lipinski definition) is 0. The standard InChI is InChI=1S/C26H32N2O3/c1-6-22-25(21-12-10-11-13-23(21)31-22)26(30)20-15-18(5)14-19(16-20)17-28(24(29)7-2)27(8-3)9-4/h10-16H,6-9,17H2,1-5H3. The predicted molar refractivity (Wildman–Crippen MR) is 124 cm³/mol. The summed E-state index contributed by atoms with van der Waals surface area (Å²) in [5, 5.41) is 4.68. The monoisotopic (exact) mass is 420 g/mol. The first-order valence-electron chi connectivity index (χ1n) is 11.1. The highest BCUT2D eigenvalue weighted by Crippen LogP contribution is 2.29. The summed E-state index contributed by atoms with van der Waals surface area (Å²) in [4.78, 5) is 26.2. The highest BCUT2D eigenvalue weighted by Gasteiger charge is 2.23. The Morgan fingerprint density at radius 2 is 1.68 bits per heavy atom. The molecule has 0 bridgehead atoms. The van der Waals surface area contributed by atoms with Gasteiger partial charge in [-0.25, -0.2) is 5.01 Å². The molecule has 0 N–H and O–H groups in total. The Bertz CT molecular complexity index is 1080. The minimum absolute atomic E-state index is 0.0389. The second-order valence-electron chi connectivity index (χ2n) is 7.73. The van der Waals surface area contributed by atoms with E-state index in [0.29, 0.717) is 36.3 Å². The topological polar surface area (TPSA) is 53.8 Å². The van der Waals surface area contributed by atoms with Crippen LogP contribution in [0.2, 0.25) is 0 Å². The summed E-state index contributed by atoms with van der Waals surface area (Å²) in [6, 6.07) is 13.5. The zero-order valence-electron chi connectivity index (χ0n) is 19.2. The lowest BCUT2D eigenvalue weighted by Crippen LogP contribution is -2.45. The van der Waals surface area contributed by atoms with E-state index in [0.717, 1.165) is 35.2 Å². The average Bonchev–Trinajstić information content (AvgIpc) is 3.16. The molecule has 0 radical (unpaired) electrons. The highest BCUT2D eigenvalue weighted by molar-refractivity contribution is 6.17. The van der Waals surface area contributed by atoms with Crippen molar-refractivity contribution in [1.29, 1.82) is 0 Å². The molecule has 5 nitrogen and oxygen atoms in total. The Kier molecular flexibility index (Phi) is 7.29. The van der Waals surface area contributed by atoms with Crippen molar-refractivity contribution in [3.05, 3.63) is 70.5 Å². The van der Waals surface area contributed by atoms with Crippen LogP contribution in [-0.2, 0) is 17.8 Å². The molecule has 31 heavy (non-hydrogen) atoms. The number of benzene rings is 2. The van der Waals surface area contributed by atoms with E-state index < -0.39 is 0 Å². The van der Waals surface area contributed by atoms with E-state index in [1.54, 1.807) is 5.01 Å². The molecule has 5 heteroatoms. The summed E-state index contributed by atoms with van der Waals surface area (Å²) in [7, 11) is 0. The van der Waals surface area contributed by atoms with Crippen LogP contribution < -0.4 is 0 Å². The van der Waals surface area contributed by atoms with E-state index in [1.807, 2.05) is 82.1 Å². The highest BCUT2D eigenvalue weighted by atomic mass is 16.3. The van der Waals surface area contributed by atoms with E-state index in [-0.39, 0.29) is 11.7 Å². The maximum Gasteiger partial charge on any atom is 0.236 e. The molecule has 1 aromatic heterocycles. The third kappa shape index (κ3) is 4.72. The van der Waals surface area contributed by atoms with Crippen molar-refractivity contribution in [1.82, 2.24) is 10.0 Å². The molecule has 0 saturated heterocycles. The van der Waals surface area contributed by atoms with Crippen LogP contribution in [0.4, 0.5) is 0 Å². The molecule has 0 unspecified atom stereocenters. The first-order valence-corrected chi connectivity index (χ1v) is 11.1. The Morgan fingerprint density at radius 1 is 0.968 bits per heavy atom. The van der Waals surface area contributed by atoms with Gasteiger partial charge >= 0.3 is 0 Å². The molecular weight excluding hydrogens is 388 g/mol.